The predicted octanol–water partition coefficient (Wildman–Crippen LogP) is 4.25. The average Bonchev–Trinajstić information content (AvgIpc) is 2.80. The molecule has 0 atom stereocenters. The molecule has 0 saturated heterocycles. The van der Waals surface area contributed by atoms with Gasteiger partial charge < -0.3 is 0 Å². The molecule has 3 rings (SSSR count). The van der Waals surface area contributed by atoms with E-state index < -0.39 is 0 Å². The van der Waals surface area contributed by atoms with Gasteiger partial charge in [-0.05, 0) is 42.5 Å². The number of nitrogens with zero attached hydrogens (tertiary/aromatic N) is 1. The summed E-state index contributed by atoms with van der Waals surface area (Å²) in [6, 6.07) is 6.82. The molecule has 16 heavy (non-hydrogen) atoms. The highest BCUT2D eigenvalue weighted by atomic mass is 32.1. The zero-order valence-electron chi connectivity index (χ0n) is 9.54. The van der Waals surface area contributed by atoms with Gasteiger partial charge in [-0.15, -0.1) is 11.3 Å². The summed E-state index contributed by atoms with van der Waals surface area (Å²) in [6.45, 7) is 0. The van der Waals surface area contributed by atoms with Crippen LogP contribution in [0.3, 0.4) is 0 Å². The molecule has 1 nitrogen and oxygen atoms in total. The Morgan fingerprint density at radius 1 is 1.19 bits per heavy atom. The lowest BCUT2D eigenvalue weighted by Crippen LogP contribution is -2.49. The summed E-state index contributed by atoms with van der Waals surface area (Å²) in [6.07, 6.45) is 9.13. The van der Waals surface area contributed by atoms with Crippen molar-refractivity contribution in [2.75, 3.05) is 0 Å². The van der Waals surface area contributed by atoms with Crippen LogP contribution < -0.4 is 0 Å². The Bertz CT molecular complexity index is 398. The van der Waals surface area contributed by atoms with Crippen LogP contribution in [0.2, 0.25) is 0 Å². The topological polar surface area (TPSA) is 23.8 Å². The van der Waals surface area contributed by atoms with E-state index in [0.717, 1.165) is 12.8 Å². The first-order valence-electron chi connectivity index (χ1n) is 6.24. The maximum absolute atomic E-state index is 9.48. The van der Waals surface area contributed by atoms with Crippen molar-refractivity contribution in [3.05, 3.63) is 22.4 Å². The van der Waals surface area contributed by atoms with Crippen LogP contribution in [0.4, 0.5) is 0 Å². The molecule has 2 aliphatic carbocycles. The van der Waals surface area contributed by atoms with Crippen LogP contribution in [0.25, 0.3) is 0 Å². The number of thiophene rings is 1. The lowest BCUT2D eigenvalue weighted by molar-refractivity contribution is 0.0186. The molecule has 0 aliphatic heterocycles. The molecule has 0 unspecified atom stereocenters. The molecule has 1 aromatic rings. The molecule has 0 N–H and O–H groups in total. The third-order valence-electron chi connectivity index (χ3n) is 4.47. The quantitative estimate of drug-likeness (QED) is 0.708. The van der Waals surface area contributed by atoms with Gasteiger partial charge in [0, 0.05) is 4.88 Å². The maximum atomic E-state index is 9.48. The molecule has 2 heteroatoms. The summed E-state index contributed by atoms with van der Waals surface area (Å²) in [5.74, 6) is 0. The van der Waals surface area contributed by atoms with Crippen LogP contribution >= 0.6 is 11.3 Å². The van der Waals surface area contributed by atoms with Gasteiger partial charge >= 0.3 is 0 Å². The first-order chi connectivity index (χ1) is 7.79. The third-order valence-corrected chi connectivity index (χ3v) is 5.55. The Labute approximate surface area is 101 Å². The van der Waals surface area contributed by atoms with E-state index in [-0.39, 0.29) is 5.41 Å². The van der Waals surface area contributed by atoms with Gasteiger partial charge in [0.25, 0.3) is 0 Å². The number of hydrogen-bond donors (Lipinski definition) is 0. The van der Waals surface area contributed by atoms with E-state index in [0.29, 0.717) is 5.41 Å². The molecule has 2 fully saturated rings. The fourth-order valence-electron chi connectivity index (χ4n) is 3.74. The highest BCUT2D eigenvalue weighted by Gasteiger charge is 2.56. The summed E-state index contributed by atoms with van der Waals surface area (Å²) in [4.78, 5) is 1.30. The second-order valence-corrected chi connectivity index (χ2v) is 6.53. The fraction of sp³-hybridized carbons (Fsp3) is 0.643. The molecule has 1 heterocycles. The maximum Gasteiger partial charge on any atom is 0.0925 e. The summed E-state index contributed by atoms with van der Waals surface area (Å²) >= 11 is 1.76. The minimum absolute atomic E-state index is 0.120. The molecule has 0 amide bonds. The van der Waals surface area contributed by atoms with E-state index >= 15 is 0 Å². The number of rotatable bonds is 1. The molecule has 1 spiro atoms. The second kappa shape index (κ2) is 3.60. The normalized spacial score (nSPS) is 25.9. The zero-order valence-corrected chi connectivity index (χ0v) is 10.4. The lowest BCUT2D eigenvalue weighted by atomic mass is 9.48. The standard InChI is InChI=1S/C14H17NS/c15-11-14(12-5-4-8-16-12)9-13(10-14)6-2-1-3-7-13/h4-5,8H,1-3,6-7,9-10H2. The highest BCUT2D eigenvalue weighted by Crippen LogP contribution is 2.62. The minimum atomic E-state index is -0.120. The van der Waals surface area contributed by atoms with Crippen molar-refractivity contribution in [1.82, 2.24) is 0 Å². The van der Waals surface area contributed by atoms with Crippen LogP contribution in [0.1, 0.15) is 49.8 Å². The van der Waals surface area contributed by atoms with Crippen LogP contribution in [0, 0.1) is 16.7 Å². The third kappa shape index (κ3) is 1.42. The lowest BCUT2D eigenvalue weighted by Gasteiger charge is -2.54. The van der Waals surface area contributed by atoms with E-state index in [1.807, 2.05) is 0 Å². The van der Waals surface area contributed by atoms with Crippen molar-refractivity contribution in [2.45, 2.75) is 50.4 Å². The van der Waals surface area contributed by atoms with E-state index in [1.54, 1.807) is 11.3 Å². The zero-order chi connectivity index (χ0) is 11.1. The molecule has 2 aliphatic rings. The van der Waals surface area contributed by atoms with E-state index in [9.17, 15) is 5.26 Å². The molecular formula is C14H17NS. The molecule has 0 bridgehead atoms. The van der Waals surface area contributed by atoms with Crippen molar-refractivity contribution < 1.29 is 0 Å². The van der Waals surface area contributed by atoms with Crippen molar-refractivity contribution in [2.24, 2.45) is 5.41 Å². The van der Waals surface area contributed by atoms with E-state index in [4.69, 9.17) is 0 Å². The number of nitriles is 1. The van der Waals surface area contributed by atoms with E-state index in [2.05, 4.69) is 23.6 Å². The molecule has 2 saturated carbocycles. The Morgan fingerprint density at radius 2 is 1.94 bits per heavy atom. The first kappa shape index (κ1) is 10.4. The smallest absolute Gasteiger partial charge is 0.0925 e. The van der Waals surface area contributed by atoms with E-state index in [1.165, 1.54) is 37.0 Å². The van der Waals surface area contributed by atoms with Gasteiger partial charge in [-0.2, -0.15) is 5.26 Å². The summed E-state index contributed by atoms with van der Waals surface area (Å²) < 4.78 is 0. The summed E-state index contributed by atoms with van der Waals surface area (Å²) in [7, 11) is 0. The Morgan fingerprint density at radius 3 is 2.50 bits per heavy atom. The van der Waals surface area contributed by atoms with Crippen molar-refractivity contribution >= 4 is 11.3 Å². The molecular weight excluding hydrogens is 214 g/mol. The molecule has 0 radical (unpaired) electrons. The molecule has 84 valence electrons. The minimum Gasteiger partial charge on any atom is -0.197 e. The van der Waals surface area contributed by atoms with Crippen LogP contribution in [-0.4, -0.2) is 0 Å². The monoisotopic (exact) mass is 231 g/mol. The fourth-order valence-corrected chi connectivity index (χ4v) is 4.62. The Balaban J connectivity index is 1.81. The Hall–Kier alpha value is -0.810. The van der Waals surface area contributed by atoms with Crippen LogP contribution in [0.15, 0.2) is 17.5 Å². The van der Waals surface area contributed by atoms with Gasteiger partial charge in [0.05, 0.1) is 11.5 Å². The van der Waals surface area contributed by atoms with Gasteiger partial charge in [0.15, 0.2) is 0 Å². The summed E-state index contributed by atoms with van der Waals surface area (Å²) in [5.41, 5.74) is 0.420. The Kier molecular flexibility index (Phi) is 2.33. The predicted molar refractivity (Wildman–Crippen MR) is 66.4 cm³/mol. The number of hydrogen-bond acceptors (Lipinski definition) is 2. The second-order valence-electron chi connectivity index (χ2n) is 5.59. The molecule has 1 aromatic heterocycles. The van der Waals surface area contributed by atoms with Crippen molar-refractivity contribution in [3.63, 3.8) is 0 Å². The van der Waals surface area contributed by atoms with Crippen LogP contribution in [0.5, 0.6) is 0 Å². The molecule has 0 aromatic carbocycles. The van der Waals surface area contributed by atoms with Crippen molar-refractivity contribution in [1.29, 1.82) is 5.26 Å². The van der Waals surface area contributed by atoms with Gasteiger partial charge in [-0.25, -0.2) is 0 Å². The highest BCUT2D eigenvalue weighted by molar-refractivity contribution is 7.10. The van der Waals surface area contributed by atoms with Gasteiger partial charge in [-0.3, -0.25) is 0 Å². The largest absolute Gasteiger partial charge is 0.197 e. The average molecular weight is 231 g/mol. The van der Waals surface area contributed by atoms with Gasteiger partial charge in [-0.1, -0.05) is 25.3 Å². The SMILES string of the molecule is N#CC1(c2cccs2)CC2(CCCCC2)C1. The first-order valence-corrected chi connectivity index (χ1v) is 7.12. The summed E-state index contributed by atoms with van der Waals surface area (Å²) in [5, 5.41) is 11.6. The van der Waals surface area contributed by atoms with Gasteiger partial charge in [0.1, 0.15) is 0 Å². The van der Waals surface area contributed by atoms with Crippen LogP contribution in [-0.2, 0) is 5.41 Å². The van der Waals surface area contributed by atoms with Crippen molar-refractivity contribution in [3.8, 4) is 6.07 Å². The van der Waals surface area contributed by atoms with Gasteiger partial charge in [0.2, 0.25) is 0 Å².